The molecule has 152 valence electrons. The predicted octanol–water partition coefficient (Wildman–Crippen LogP) is 2.36. The lowest BCUT2D eigenvalue weighted by Gasteiger charge is -2.17. The molecule has 30 heavy (non-hydrogen) atoms. The van der Waals surface area contributed by atoms with Gasteiger partial charge in [-0.15, -0.1) is 11.3 Å². The van der Waals surface area contributed by atoms with Crippen molar-refractivity contribution < 1.29 is 9.53 Å². The third-order valence-electron chi connectivity index (χ3n) is 5.02. The minimum absolute atomic E-state index is 0.0925. The molecule has 0 bridgehead atoms. The summed E-state index contributed by atoms with van der Waals surface area (Å²) in [6.07, 6.45) is 3.29. The van der Waals surface area contributed by atoms with E-state index in [1.54, 1.807) is 6.92 Å². The van der Waals surface area contributed by atoms with Crippen LogP contribution in [-0.4, -0.2) is 37.1 Å². The van der Waals surface area contributed by atoms with Crippen molar-refractivity contribution in [2.24, 2.45) is 0 Å². The van der Waals surface area contributed by atoms with E-state index in [-0.39, 0.29) is 23.7 Å². The normalized spacial score (nSPS) is 13.1. The first-order chi connectivity index (χ1) is 14.6. The standard InChI is InChI=1S/C20H18N6O3S/c1-11-14(18(28)26-19(23-11)21-10-22-26)8-17(27)25-20-24-15(9-30-20)12-4-5-16-13(7-12)3-2-6-29-16/h4-5,7,9-10H,2-3,6,8H2,1H3,(H,21,22,23)(H,24,25,27). The number of anilines is 1. The van der Waals surface area contributed by atoms with E-state index in [9.17, 15) is 9.59 Å². The lowest BCUT2D eigenvalue weighted by Crippen LogP contribution is -2.26. The van der Waals surface area contributed by atoms with Crippen LogP contribution in [0.4, 0.5) is 5.13 Å². The first-order valence-electron chi connectivity index (χ1n) is 9.51. The molecule has 1 aromatic carbocycles. The third kappa shape index (κ3) is 3.35. The van der Waals surface area contributed by atoms with Gasteiger partial charge in [-0.25, -0.2) is 15.0 Å². The van der Waals surface area contributed by atoms with Crippen LogP contribution < -0.4 is 15.6 Å². The van der Waals surface area contributed by atoms with E-state index in [1.165, 1.54) is 27.7 Å². The second-order valence-corrected chi connectivity index (χ2v) is 7.90. The number of nitrogens with zero attached hydrogens (tertiary/aromatic N) is 4. The van der Waals surface area contributed by atoms with Crippen molar-refractivity contribution in [2.45, 2.75) is 26.2 Å². The van der Waals surface area contributed by atoms with Crippen LogP contribution in [0.1, 0.15) is 23.2 Å². The van der Waals surface area contributed by atoms with Gasteiger partial charge in [-0.2, -0.15) is 4.52 Å². The number of carbonyl (C=O) groups is 1. The Balaban J connectivity index is 1.33. The van der Waals surface area contributed by atoms with Crippen LogP contribution >= 0.6 is 11.3 Å². The molecule has 0 unspecified atom stereocenters. The number of rotatable bonds is 4. The zero-order valence-corrected chi connectivity index (χ0v) is 17.0. The fourth-order valence-electron chi connectivity index (χ4n) is 3.51. The highest BCUT2D eigenvalue weighted by Crippen LogP contribution is 2.31. The van der Waals surface area contributed by atoms with Crippen LogP contribution in [0.2, 0.25) is 0 Å². The molecule has 4 heterocycles. The van der Waals surface area contributed by atoms with Gasteiger partial charge in [0.15, 0.2) is 5.13 Å². The molecule has 0 radical (unpaired) electrons. The van der Waals surface area contributed by atoms with Gasteiger partial charge < -0.3 is 10.1 Å². The monoisotopic (exact) mass is 422 g/mol. The van der Waals surface area contributed by atoms with E-state index in [0.29, 0.717) is 16.4 Å². The summed E-state index contributed by atoms with van der Waals surface area (Å²) < 4.78 is 6.88. The lowest BCUT2D eigenvalue weighted by atomic mass is 10.0. The van der Waals surface area contributed by atoms with Crippen LogP contribution in [-0.2, 0) is 17.6 Å². The molecule has 0 spiro atoms. The summed E-state index contributed by atoms with van der Waals surface area (Å²) in [5.41, 5.74) is 3.43. The molecule has 0 saturated carbocycles. The summed E-state index contributed by atoms with van der Waals surface area (Å²) in [4.78, 5) is 37.8. The summed E-state index contributed by atoms with van der Waals surface area (Å²) in [6, 6.07) is 6.03. The molecule has 2 N–H and O–H groups in total. The Morgan fingerprint density at radius 3 is 3.17 bits per heavy atom. The van der Waals surface area contributed by atoms with Crippen LogP contribution in [0, 0.1) is 6.92 Å². The van der Waals surface area contributed by atoms with Crippen molar-refractivity contribution in [3.05, 3.63) is 57.1 Å². The van der Waals surface area contributed by atoms with Gasteiger partial charge in [0.1, 0.15) is 12.1 Å². The highest BCUT2D eigenvalue weighted by atomic mass is 32.1. The number of hydrogen-bond acceptors (Lipinski definition) is 7. The molecule has 5 rings (SSSR count). The topological polar surface area (TPSA) is 114 Å². The maximum atomic E-state index is 12.6. The van der Waals surface area contributed by atoms with E-state index in [2.05, 4.69) is 31.4 Å². The highest BCUT2D eigenvalue weighted by Gasteiger charge is 2.17. The number of nitrogens with one attached hydrogen (secondary N) is 2. The molecule has 1 amide bonds. The first-order valence-corrected chi connectivity index (χ1v) is 10.4. The summed E-state index contributed by atoms with van der Waals surface area (Å²) in [6.45, 7) is 2.45. The first kappa shape index (κ1) is 18.5. The molecule has 9 nitrogen and oxygen atoms in total. The Kier molecular flexibility index (Phi) is 4.55. The Hall–Kier alpha value is -3.53. The van der Waals surface area contributed by atoms with Crippen LogP contribution in [0.3, 0.4) is 0 Å². The van der Waals surface area contributed by atoms with E-state index in [1.807, 2.05) is 17.5 Å². The average molecular weight is 422 g/mol. The van der Waals surface area contributed by atoms with E-state index < -0.39 is 0 Å². The van der Waals surface area contributed by atoms with Crippen molar-refractivity contribution in [2.75, 3.05) is 11.9 Å². The molecule has 0 fully saturated rings. The zero-order chi connectivity index (χ0) is 20.7. The molecule has 1 aliphatic rings. The molecule has 4 aromatic rings. The summed E-state index contributed by atoms with van der Waals surface area (Å²) >= 11 is 1.34. The second kappa shape index (κ2) is 7.38. The largest absolute Gasteiger partial charge is 0.493 e. The van der Waals surface area contributed by atoms with Gasteiger partial charge >= 0.3 is 0 Å². The Morgan fingerprint density at radius 1 is 1.37 bits per heavy atom. The van der Waals surface area contributed by atoms with Crippen molar-refractivity contribution in [1.82, 2.24) is 24.6 Å². The minimum atomic E-state index is -0.332. The maximum absolute atomic E-state index is 12.6. The number of amides is 1. The fourth-order valence-corrected chi connectivity index (χ4v) is 4.24. The number of benzene rings is 1. The number of aryl methyl sites for hydroxylation is 2. The van der Waals surface area contributed by atoms with Gasteiger partial charge in [0.05, 0.1) is 30.0 Å². The van der Waals surface area contributed by atoms with Gasteiger partial charge in [0.2, 0.25) is 5.91 Å². The molecule has 0 atom stereocenters. The number of fused-ring (bicyclic) bond motifs is 2. The smallest absolute Gasteiger partial charge is 0.277 e. The summed E-state index contributed by atoms with van der Waals surface area (Å²) in [5.74, 6) is 0.885. The second-order valence-electron chi connectivity index (χ2n) is 7.04. The Labute approximate surface area is 174 Å². The van der Waals surface area contributed by atoms with Gasteiger partial charge in [-0.05, 0) is 43.5 Å². The molecule has 10 heteroatoms. The van der Waals surface area contributed by atoms with Crippen LogP contribution in [0.5, 0.6) is 5.75 Å². The minimum Gasteiger partial charge on any atom is -0.493 e. The number of thiazole rings is 1. The molecule has 0 aliphatic carbocycles. The van der Waals surface area contributed by atoms with E-state index >= 15 is 0 Å². The predicted molar refractivity (Wildman–Crippen MR) is 112 cm³/mol. The Morgan fingerprint density at radius 2 is 2.27 bits per heavy atom. The average Bonchev–Trinajstić information content (AvgIpc) is 3.40. The van der Waals surface area contributed by atoms with Gasteiger partial charge in [-0.3, -0.25) is 14.7 Å². The van der Waals surface area contributed by atoms with Crippen LogP contribution in [0.15, 0.2) is 34.7 Å². The number of carbonyl (C=O) groups excluding carboxylic acids is 1. The third-order valence-corrected chi connectivity index (χ3v) is 5.78. The van der Waals surface area contributed by atoms with E-state index in [4.69, 9.17) is 4.74 Å². The quantitative estimate of drug-likeness (QED) is 0.522. The van der Waals surface area contributed by atoms with Crippen molar-refractivity contribution in [3.8, 4) is 17.0 Å². The molecule has 1 aliphatic heterocycles. The molecular formula is C20H18N6O3S. The molecular weight excluding hydrogens is 404 g/mol. The zero-order valence-electron chi connectivity index (χ0n) is 16.1. The molecule has 3 aromatic heterocycles. The maximum Gasteiger partial charge on any atom is 0.277 e. The fraction of sp³-hybridized carbons (Fsp3) is 0.250. The number of hydrogen-bond donors (Lipinski definition) is 2. The number of H-pyrrole nitrogens is 1. The van der Waals surface area contributed by atoms with Crippen molar-refractivity contribution in [3.63, 3.8) is 0 Å². The SMILES string of the molecule is Cc1nc2nc[nH]n2c(=O)c1CC(=O)Nc1nc(-c2ccc3c(c2)CCCO3)cs1. The number of aromatic nitrogens is 5. The summed E-state index contributed by atoms with van der Waals surface area (Å²) in [5, 5.41) is 7.87. The van der Waals surface area contributed by atoms with Crippen molar-refractivity contribution >= 4 is 28.2 Å². The number of ether oxygens (including phenoxy) is 1. The number of aromatic amines is 1. The van der Waals surface area contributed by atoms with E-state index in [0.717, 1.165) is 36.5 Å². The van der Waals surface area contributed by atoms with Crippen molar-refractivity contribution in [1.29, 1.82) is 0 Å². The Bertz CT molecular complexity index is 1320. The van der Waals surface area contributed by atoms with Gasteiger partial charge in [-0.1, -0.05) is 0 Å². The van der Waals surface area contributed by atoms with Gasteiger partial charge in [0, 0.05) is 10.9 Å². The summed E-state index contributed by atoms with van der Waals surface area (Å²) in [7, 11) is 0. The molecule has 0 saturated heterocycles. The van der Waals surface area contributed by atoms with Gasteiger partial charge in [0.25, 0.3) is 11.3 Å². The highest BCUT2D eigenvalue weighted by molar-refractivity contribution is 7.14. The van der Waals surface area contributed by atoms with Crippen LogP contribution in [0.25, 0.3) is 17.0 Å². The lowest BCUT2D eigenvalue weighted by molar-refractivity contribution is -0.115.